The number of hydrogen-bond acceptors (Lipinski definition) is 3. The van der Waals surface area contributed by atoms with E-state index in [-0.39, 0.29) is 0 Å². The molecule has 5 heteroatoms. The van der Waals surface area contributed by atoms with Crippen LogP contribution in [0.4, 0.5) is 5.69 Å². The zero-order chi connectivity index (χ0) is 12.4. The van der Waals surface area contributed by atoms with Crippen molar-refractivity contribution in [2.24, 2.45) is 5.11 Å². The lowest BCUT2D eigenvalue weighted by Gasteiger charge is -1.95. The van der Waals surface area contributed by atoms with Gasteiger partial charge in [0.2, 0.25) is 5.89 Å². The molecular weight excluding hydrogens is 228 g/mol. The van der Waals surface area contributed by atoms with Crippen molar-refractivity contribution >= 4 is 16.8 Å². The molecule has 0 spiro atoms. The first-order valence-electron chi connectivity index (χ1n) is 5.38. The molecular formula is C13H8N4O. The van der Waals surface area contributed by atoms with E-state index in [0.717, 1.165) is 16.7 Å². The summed E-state index contributed by atoms with van der Waals surface area (Å²) in [6.45, 7) is 0. The normalized spacial score (nSPS) is 10.2. The Morgan fingerprint density at radius 3 is 2.56 bits per heavy atom. The summed E-state index contributed by atoms with van der Waals surface area (Å²) in [7, 11) is 0. The minimum absolute atomic E-state index is 0.559. The van der Waals surface area contributed by atoms with Crippen LogP contribution in [0.3, 0.4) is 0 Å². The molecule has 2 aromatic carbocycles. The number of fused-ring (bicyclic) bond motifs is 1. The summed E-state index contributed by atoms with van der Waals surface area (Å²) in [6.07, 6.45) is 0. The number of aromatic nitrogens is 1. The molecule has 0 bridgehead atoms. The minimum Gasteiger partial charge on any atom is -0.436 e. The highest BCUT2D eigenvalue weighted by molar-refractivity contribution is 5.76. The molecule has 0 N–H and O–H groups in total. The van der Waals surface area contributed by atoms with Gasteiger partial charge >= 0.3 is 0 Å². The predicted octanol–water partition coefficient (Wildman–Crippen LogP) is 4.44. The highest BCUT2D eigenvalue weighted by Gasteiger charge is 2.06. The summed E-state index contributed by atoms with van der Waals surface area (Å²) in [6, 6.07) is 14.7. The van der Waals surface area contributed by atoms with E-state index in [1.165, 1.54) is 0 Å². The summed E-state index contributed by atoms with van der Waals surface area (Å²) < 4.78 is 5.64. The highest BCUT2D eigenvalue weighted by Crippen LogP contribution is 2.25. The van der Waals surface area contributed by atoms with Crippen LogP contribution in [0.15, 0.2) is 58.1 Å². The van der Waals surface area contributed by atoms with Crippen LogP contribution in [-0.2, 0) is 0 Å². The zero-order valence-corrected chi connectivity index (χ0v) is 9.32. The number of azide groups is 1. The van der Waals surface area contributed by atoms with Crippen LogP contribution in [0, 0.1) is 0 Å². The van der Waals surface area contributed by atoms with E-state index in [4.69, 9.17) is 9.95 Å². The van der Waals surface area contributed by atoms with E-state index in [0.29, 0.717) is 11.6 Å². The first-order valence-corrected chi connectivity index (χ1v) is 5.38. The first-order chi connectivity index (χ1) is 8.86. The first kappa shape index (κ1) is 10.4. The Morgan fingerprint density at radius 2 is 1.83 bits per heavy atom. The smallest absolute Gasteiger partial charge is 0.227 e. The van der Waals surface area contributed by atoms with Crippen molar-refractivity contribution in [3.63, 3.8) is 0 Å². The lowest BCUT2D eigenvalue weighted by molar-refractivity contribution is 0.620. The molecule has 0 aliphatic carbocycles. The van der Waals surface area contributed by atoms with Crippen LogP contribution in [0.25, 0.3) is 33.0 Å². The maximum absolute atomic E-state index is 8.33. The number of benzene rings is 2. The van der Waals surface area contributed by atoms with Gasteiger partial charge in [-0.15, -0.1) is 0 Å². The number of hydrogen-bond donors (Lipinski definition) is 0. The Labute approximate surface area is 102 Å². The summed E-state index contributed by atoms with van der Waals surface area (Å²) in [4.78, 5) is 7.12. The van der Waals surface area contributed by atoms with Crippen LogP contribution in [-0.4, -0.2) is 4.98 Å². The van der Waals surface area contributed by atoms with E-state index in [1.807, 2.05) is 36.4 Å². The van der Waals surface area contributed by atoms with Gasteiger partial charge in [0.1, 0.15) is 5.52 Å². The molecule has 0 fully saturated rings. The second-order valence-corrected chi connectivity index (χ2v) is 3.72. The van der Waals surface area contributed by atoms with Crippen molar-refractivity contribution in [1.29, 1.82) is 0 Å². The molecule has 3 aromatic rings. The molecule has 0 aliphatic rings. The van der Waals surface area contributed by atoms with Crippen LogP contribution in [0.5, 0.6) is 0 Å². The molecule has 0 unspecified atom stereocenters. The largest absolute Gasteiger partial charge is 0.436 e. The van der Waals surface area contributed by atoms with E-state index in [9.17, 15) is 0 Å². The molecule has 0 radical (unpaired) electrons. The summed E-state index contributed by atoms with van der Waals surface area (Å²) >= 11 is 0. The Hall–Kier alpha value is -2.78. The van der Waals surface area contributed by atoms with Gasteiger partial charge in [0, 0.05) is 16.2 Å². The van der Waals surface area contributed by atoms with Gasteiger partial charge in [-0.2, -0.15) is 0 Å². The topological polar surface area (TPSA) is 74.8 Å². The highest BCUT2D eigenvalue weighted by atomic mass is 16.3. The third kappa shape index (κ3) is 1.79. The van der Waals surface area contributed by atoms with Crippen molar-refractivity contribution in [1.82, 2.24) is 4.98 Å². The van der Waals surface area contributed by atoms with Gasteiger partial charge in [-0.25, -0.2) is 4.98 Å². The van der Waals surface area contributed by atoms with E-state index in [2.05, 4.69) is 15.0 Å². The Kier molecular flexibility index (Phi) is 2.44. The molecule has 0 atom stereocenters. The van der Waals surface area contributed by atoms with Gasteiger partial charge in [-0.3, -0.25) is 0 Å². The lowest BCUT2D eigenvalue weighted by Crippen LogP contribution is -1.75. The van der Waals surface area contributed by atoms with Crippen molar-refractivity contribution < 1.29 is 4.42 Å². The van der Waals surface area contributed by atoms with E-state index >= 15 is 0 Å². The maximum atomic E-state index is 8.33. The monoisotopic (exact) mass is 236 g/mol. The molecule has 1 heterocycles. The molecule has 0 aliphatic heterocycles. The Balaban J connectivity index is 2.05. The van der Waals surface area contributed by atoms with E-state index in [1.54, 1.807) is 12.1 Å². The van der Waals surface area contributed by atoms with Gasteiger partial charge in [0.05, 0.1) is 0 Å². The summed E-state index contributed by atoms with van der Waals surface area (Å²) in [5, 5.41) is 3.51. The number of para-hydroxylation sites is 2. The summed E-state index contributed by atoms with van der Waals surface area (Å²) in [5.74, 6) is 0.559. The molecule has 5 nitrogen and oxygen atoms in total. The van der Waals surface area contributed by atoms with Crippen molar-refractivity contribution in [3.8, 4) is 11.5 Å². The minimum atomic E-state index is 0.559. The second-order valence-electron chi connectivity index (χ2n) is 3.72. The third-order valence-corrected chi connectivity index (χ3v) is 2.57. The van der Waals surface area contributed by atoms with Crippen LogP contribution in [0.2, 0.25) is 0 Å². The lowest BCUT2D eigenvalue weighted by atomic mass is 10.2. The number of rotatable bonds is 2. The van der Waals surface area contributed by atoms with Gasteiger partial charge < -0.3 is 4.42 Å². The van der Waals surface area contributed by atoms with Gasteiger partial charge in [0.15, 0.2) is 5.58 Å². The van der Waals surface area contributed by atoms with Crippen molar-refractivity contribution in [3.05, 3.63) is 59.0 Å². The van der Waals surface area contributed by atoms with Crippen LogP contribution >= 0.6 is 0 Å². The summed E-state index contributed by atoms with van der Waals surface area (Å²) in [5.41, 5.74) is 11.3. The quantitative estimate of drug-likeness (QED) is 0.374. The standard InChI is InChI=1S/C13H8N4O/c14-17-16-10-7-5-9(6-8-10)13-15-11-3-1-2-4-12(11)18-13/h1-8H. The molecule has 0 saturated carbocycles. The number of nitrogens with zero attached hydrogens (tertiary/aromatic N) is 4. The molecule has 3 rings (SSSR count). The third-order valence-electron chi connectivity index (χ3n) is 2.57. The molecule has 0 saturated heterocycles. The average Bonchev–Trinajstić information content (AvgIpc) is 2.84. The predicted molar refractivity (Wildman–Crippen MR) is 68.3 cm³/mol. The fraction of sp³-hybridized carbons (Fsp3) is 0. The van der Waals surface area contributed by atoms with Crippen LogP contribution in [0.1, 0.15) is 0 Å². The molecule has 86 valence electrons. The molecule has 1 aromatic heterocycles. The fourth-order valence-electron chi connectivity index (χ4n) is 1.72. The maximum Gasteiger partial charge on any atom is 0.227 e. The Bertz CT molecular complexity index is 706. The van der Waals surface area contributed by atoms with Gasteiger partial charge in [-0.1, -0.05) is 29.4 Å². The number of oxazole rings is 1. The van der Waals surface area contributed by atoms with Crippen molar-refractivity contribution in [2.75, 3.05) is 0 Å². The fourth-order valence-corrected chi connectivity index (χ4v) is 1.72. The van der Waals surface area contributed by atoms with Crippen LogP contribution < -0.4 is 0 Å². The molecule has 18 heavy (non-hydrogen) atoms. The molecule has 0 amide bonds. The zero-order valence-electron chi connectivity index (χ0n) is 9.32. The SMILES string of the molecule is [N-]=[N+]=Nc1ccc(-c2nc3ccccc3o2)cc1. The van der Waals surface area contributed by atoms with Gasteiger partial charge in [-0.05, 0) is 29.8 Å². The Morgan fingerprint density at radius 1 is 1.06 bits per heavy atom. The average molecular weight is 236 g/mol. The van der Waals surface area contributed by atoms with E-state index < -0.39 is 0 Å². The second kappa shape index (κ2) is 4.24. The van der Waals surface area contributed by atoms with Gasteiger partial charge in [0.25, 0.3) is 0 Å². The van der Waals surface area contributed by atoms with Crippen molar-refractivity contribution in [2.45, 2.75) is 0 Å².